The second kappa shape index (κ2) is 9.85. The standard InChI is InChI=1S/C18H23Si.3ClH.Ti/c1-2-8-16-11-12-18(15-16)19(13-6-7-14-19)17-9-4-3-5-10-17;;;;/h3-5,9-12,15H,2,6-8,13-14H2,1H3;3*1H;/q;;;;+3/p-3. The molecular formula is C18H23Cl3SiTi. The van der Waals surface area contributed by atoms with E-state index < -0.39 is 8.07 Å². The first-order chi connectivity index (χ1) is 9.70. The van der Waals surface area contributed by atoms with Gasteiger partial charge in [-0.3, -0.25) is 0 Å². The van der Waals surface area contributed by atoms with Gasteiger partial charge in [0.15, 0.2) is 0 Å². The molecule has 1 fully saturated rings. The molecule has 2 aliphatic rings. The number of rotatable bonds is 4. The fourth-order valence-corrected chi connectivity index (χ4v) is 11.8. The van der Waals surface area contributed by atoms with E-state index in [2.05, 4.69) is 75.9 Å². The monoisotopic (exact) mass is 420 g/mol. The Morgan fingerprint density at radius 2 is 1.65 bits per heavy atom. The van der Waals surface area contributed by atoms with Crippen LogP contribution in [0.15, 0.2) is 54.1 Å². The normalized spacial score (nSPS) is 24.2. The average Bonchev–Trinajstić information content (AvgIpc) is 3.09. The quantitative estimate of drug-likeness (QED) is 0.432. The van der Waals surface area contributed by atoms with Crippen LogP contribution in [0.2, 0.25) is 15.4 Å². The Bertz CT molecular complexity index is 538. The summed E-state index contributed by atoms with van der Waals surface area (Å²) in [5.74, 6) is 0. The van der Waals surface area contributed by atoms with Crippen LogP contribution in [0.4, 0.5) is 0 Å². The van der Waals surface area contributed by atoms with E-state index in [0.29, 0.717) is 3.34 Å². The molecular weight excluding hydrogens is 399 g/mol. The fraction of sp³-hybridized carbons (Fsp3) is 0.444. The zero-order valence-electron chi connectivity index (χ0n) is 13.5. The Hall–Kier alpha value is 0.501. The van der Waals surface area contributed by atoms with Crippen molar-refractivity contribution in [3.63, 3.8) is 0 Å². The molecule has 0 spiro atoms. The van der Waals surface area contributed by atoms with Gasteiger partial charge < -0.3 is 37.2 Å². The first-order valence-electron chi connectivity index (χ1n) is 7.92. The molecule has 5 heteroatoms. The Balaban J connectivity index is 0.00000161. The molecule has 1 aliphatic carbocycles. The molecule has 1 aromatic carbocycles. The van der Waals surface area contributed by atoms with Gasteiger partial charge in [0.25, 0.3) is 0 Å². The van der Waals surface area contributed by atoms with Crippen molar-refractivity contribution >= 4 is 13.3 Å². The van der Waals surface area contributed by atoms with Crippen molar-refractivity contribution in [1.29, 1.82) is 0 Å². The summed E-state index contributed by atoms with van der Waals surface area (Å²) in [5.41, 5.74) is 1.57. The van der Waals surface area contributed by atoms with Gasteiger partial charge in [0.2, 0.25) is 0 Å². The third-order valence-electron chi connectivity index (χ3n) is 5.09. The molecule has 1 aliphatic heterocycles. The summed E-state index contributed by atoms with van der Waals surface area (Å²) in [7, 11) is -1.43. The van der Waals surface area contributed by atoms with E-state index in [4.69, 9.17) is 0 Å². The zero-order valence-corrected chi connectivity index (χ0v) is 18.3. The second-order valence-corrected chi connectivity index (χ2v) is 13.0. The third kappa shape index (κ3) is 4.37. The van der Waals surface area contributed by atoms with E-state index in [0.717, 1.165) is 0 Å². The maximum absolute atomic E-state index is 2.63. The summed E-state index contributed by atoms with van der Waals surface area (Å²) < 4.78 is 0.343. The Morgan fingerprint density at radius 3 is 2.22 bits per heavy atom. The van der Waals surface area contributed by atoms with Crippen LogP contribution in [0.25, 0.3) is 0 Å². The van der Waals surface area contributed by atoms with Gasteiger partial charge in [-0.2, -0.15) is 0 Å². The van der Waals surface area contributed by atoms with Crippen molar-refractivity contribution < 1.29 is 57.7 Å². The number of benzene rings is 1. The number of hydrogen-bond acceptors (Lipinski definition) is 0. The van der Waals surface area contributed by atoms with Gasteiger partial charge in [-0.1, -0.05) is 0 Å². The van der Waals surface area contributed by atoms with Crippen LogP contribution in [0, 0.1) is 0 Å². The summed E-state index contributed by atoms with van der Waals surface area (Å²) in [6, 6.07) is 14.4. The molecule has 0 N–H and O–H groups in total. The first kappa shape index (κ1) is 23.5. The van der Waals surface area contributed by atoms with E-state index in [1.165, 1.54) is 37.8 Å². The molecule has 0 amide bonds. The van der Waals surface area contributed by atoms with Gasteiger partial charge in [0.1, 0.15) is 0 Å². The fourth-order valence-electron chi connectivity index (χ4n) is 4.05. The van der Waals surface area contributed by atoms with Crippen molar-refractivity contribution in [1.82, 2.24) is 0 Å². The molecule has 23 heavy (non-hydrogen) atoms. The largest absolute Gasteiger partial charge is 1.00 e. The molecule has 124 valence electrons. The summed E-state index contributed by atoms with van der Waals surface area (Å²) >= 11 is 2.51. The molecule has 0 nitrogen and oxygen atoms in total. The topological polar surface area (TPSA) is 0 Å². The Labute approximate surface area is 172 Å². The molecule has 0 saturated carbocycles. The van der Waals surface area contributed by atoms with Gasteiger partial charge in [0.05, 0.1) is 0 Å². The molecule has 0 aromatic heterocycles. The number of hydrogen-bond donors (Lipinski definition) is 0. The van der Waals surface area contributed by atoms with Crippen LogP contribution in [0.1, 0.15) is 32.6 Å². The van der Waals surface area contributed by atoms with Gasteiger partial charge >= 0.3 is 136 Å². The van der Waals surface area contributed by atoms with Crippen molar-refractivity contribution in [3.05, 3.63) is 54.1 Å². The summed E-state index contributed by atoms with van der Waals surface area (Å²) in [6.07, 6.45) is 12.9. The summed E-state index contributed by atoms with van der Waals surface area (Å²) in [4.78, 5) is 0. The average molecular weight is 422 g/mol. The molecule has 1 aromatic rings. The van der Waals surface area contributed by atoms with E-state index >= 15 is 0 Å². The van der Waals surface area contributed by atoms with Crippen molar-refractivity contribution in [3.8, 4) is 0 Å². The van der Waals surface area contributed by atoms with Crippen molar-refractivity contribution in [2.75, 3.05) is 0 Å². The van der Waals surface area contributed by atoms with Crippen molar-refractivity contribution in [2.24, 2.45) is 0 Å². The zero-order chi connectivity index (χ0) is 14.1. The van der Waals surface area contributed by atoms with Crippen LogP contribution < -0.4 is 42.4 Å². The number of allylic oxidation sites excluding steroid dienone is 4. The van der Waals surface area contributed by atoms with Gasteiger partial charge in [0, 0.05) is 0 Å². The van der Waals surface area contributed by atoms with Gasteiger partial charge in [-0.05, 0) is 0 Å². The minimum atomic E-state index is -1.43. The van der Waals surface area contributed by atoms with Crippen LogP contribution in [0.5, 0.6) is 0 Å². The predicted octanol–water partition coefficient (Wildman–Crippen LogP) is -4.31. The maximum atomic E-state index is 2.63. The molecule has 1 heterocycles. The molecule has 0 radical (unpaired) electrons. The Kier molecular flexibility index (Phi) is 10.1. The molecule has 1 saturated heterocycles. The SMILES string of the molecule is CCCC1=C[C]([Ti+3])([Si]2(c3ccccc3)CCCC2)C=C1.[Cl-].[Cl-].[Cl-]. The predicted molar refractivity (Wildman–Crippen MR) is 85.5 cm³/mol. The molecule has 3 rings (SSSR count). The minimum Gasteiger partial charge on any atom is -1.00 e. The third-order valence-corrected chi connectivity index (χ3v) is 13.6. The molecule has 0 bridgehead atoms. The maximum Gasteiger partial charge on any atom is -1.00 e. The van der Waals surface area contributed by atoms with Gasteiger partial charge in [-0.25, -0.2) is 0 Å². The van der Waals surface area contributed by atoms with E-state index in [1.54, 1.807) is 10.8 Å². The molecule has 1 atom stereocenters. The van der Waals surface area contributed by atoms with Crippen LogP contribution in [-0.2, 0) is 20.4 Å². The smallest absolute Gasteiger partial charge is 1.00 e. The van der Waals surface area contributed by atoms with Crippen LogP contribution >= 0.6 is 0 Å². The van der Waals surface area contributed by atoms with Crippen LogP contribution in [0.3, 0.4) is 0 Å². The van der Waals surface area contributed by atoms with E-state index in [1.807, 2.05) is 0 Å². The van der Waals surface area contributed by atoms with E-state index in [-0.39, 0.29) is 37.2 Å². The Morgan fingerprint density at radius 1 is 1.04 bits per heavy atom. The molecule has 1 unspecified atom stereocenters. The first-order valence-corrected chi connectivity index (χ1v) is 11.1. The van der Waals surface area contributed by atoms with Gasteiger partial charge in [-0.15, -0.1) is 0 Å². The minimum absolute atomic E-state index is 0. The second-order valence-electron chi connectivity index (χ2n) is 6.33. The summed E-state index contributed by atoms with van der Waals surface area (Å²) in [5, 5.41) is 1.68. The van der Waals surface area contributed by atoms with Crippen LogP contribution in [-0.4, -0.2) is 8.07 Å². The summed E-state index contributed by atoms with van der Waals surface area (Å²) in [6.45, 7) is 2.28. The van der Waals surface area contributed by atoms with E-state index in [9.17, 15) is 0 Å². The van der Waals surface area contributed by atoms with Crippen molar-refractivity contribution in [2.45, 2.75) is 48.0 Å². The number of halogens is 3.